The van der Waals surface area contributed by atoms with Crippen molar-refractivity contribution in [3.05, 3.63) is 46.9 Å². The average Bonchev–Trinajstić information content (AvgIpc) is 3.00. The van der Waals surface area contributed by atoms with Gasteiger partial charge in [0, 0.05) is 7.05 Å². The largest absolute Gasteiger partial charge is 0.441 e. The Kier molecular flexibility index (Phi) is 5.36. The lowest BCUT2D eigenvalue weighted by atomic mass is 10.2. The molecular formula is C16H14ClF2N7O2. The summed E-state index contributed by atoms with van der Waals surface area (Å²) in [5.74, 6) is -1.54. The molecule has 3 N–H and O–H groups in total. The number of hydrogen-bond donors (Lipinski definition) is 2. The molecule has 0 aliphatic carbocycles. The van der Waals surface area contributed by atoms with Crippen molar-refractivity contribution in [1.29, 1.82) is 0 Å². The summed E-state index contributed by atoms with van der Waals surface area (Å²) < 4.78 is 33.4. The number of nitrogen functional groups attached to an aromatic ring is 1. The average molecular weight is 410 g/mol. The van der Waals surface area contributed by atoms with Gasteiger partial charge in [-0.25, -0.2) is 23.8 Å². The van der Waals surface area contributed by atoms with Crippen molar-refractivity contribution in [3.63, 3.8) is 0 Å². The number of ether oxygens (including phenoxy) is 1. The number of aryl methyl sites for hydroxylation is 1. The third-order valence-electron chi connectivity index (χ3n) is 3.72. The lowest BCUT2D eigenvalue weighted by Crippen LogP contribution is -2.19. The number of aromatic nitrogens is 5. The van der Waals surface area contributed by atoms with E-state index >= 15 is 0 Å². The molecule has 0 radical (unpaired) electrons. The van der Waals surface area contributed by atoms with Gasteiger partial charge in [-0.15, -0.1) is 5.10 Å². The molecule has 12 heteroatoms. The van der Waals surface area contributed by atoms with Crippen LogP contribution in [-0.2, 0) is 11.8 Å². The summed E-state index contributed by atoms with van der Waals surface area (Å²) >= 11 is 5.92. The highest BCUT2D eigenvalue weighted by Gasteiger charge is 2.21. The second kappa shape index (κ2) is 7.72. The van der Waals surface area contributed by atoms with Crippen LogP contribution < -0.4 is 11.1 Å². The monoisotopic (exact) mass is 409 g/mol. The number of hydrogen-bond acceptors (Lipinski definition) is 7. The van der Waals surface area contributed by atoms with Crippen molar-refractivity contribution in [2.24, 2.45) is 7.05 Å². The molecule has 1 amide bonds. The summed E-state index contributed by atoms with van der Waals surface area (Å²) in [6.45, 7) is 1.38. The Balaban J connectivity index is 1.80. The molecule has 0 bridgehead atoms. The van der Waals surface area contributed by atoms with Crippen LogP contribution in [0.3, 0.4) is 0 Å². The predicted octanol–water partition coefficient (Wildman–Crippen LogP) is 3.10. The number of carbonyl (C=O) groups is 1. The SMILES string of the molecule is CC(OC(=O)Nc1c(-c2ccc(N)c(Cl)n2)nnn1C)c1cc(F)cnc1F. The van der Waals surface area contributed by atoms with Gasteiger partial charge in [0.2, 0.25) is 5.95 Å². The lowest BCUT2D eigenvalue weighted by molar-refractivity contribution is 0.118. The topological polar surface area (TPSA) is 121 Å². The van der Waals surface area contributed by atoms with Gasteiger partial charge < -0.3 is 10.5 Å². The number of rotatable bonds is 4. The highest BCUT2D eigenvalue weighted by Crippen LogP contribution is 2.27. The fourth-order valence-corrected chi connectivity index (χ4v) is 2.47. The number of nitrogens with zero attached hydrogens (tertiary/aromatic N) is 5. The predicted molar refractivity (Wildman–Crippen MR) is 96.3 cm³/mol. The molecule has 9 nitrogen and oxygen atoms in total. The maximum absolute atomic E-state index is 13.7. The van der Waals surface area contributed by atoms with Gasteiger partial charge in [0.15, 0.2) is 16.7 Å². The molecule has 0 spiro atoms. The van der Waals surface area contributed by atoms with Crippen LogP contribution in [0.15, 0.2) is 24.4 Å². The van der Waals surface area contributed by atoms with Crippen LogP contribution in [-0.4, -0.2) is 31.1 Å². The smallest absolute Gasteiger partial charge is 0.413 e. The van der Waals surface area contributed by atoms with Crippen LogP contribution in [0.4, 0.5) is 25.1 Å². The zero-order valence-electron chi connectivity index (χ0n) is 14.7. The van der Waals surface area contributed by atoms with Crippen LogP contribution in [0.25, 0.3) is 11.4 Å². The van der Waals surface area contributed by atoms with Gasteiger partial charge in [-0.05, 0) is 25.1 Å². The second-order valence-electron chi connectivity index (χ2n) is 5.69. The number of halogens is 3. The summed E-state index contributed by atoms with van der Waals surface area (Å²) in [5.41, 5.74) is 6.24. The first-order valence-corrected chi connectivity index (χ1v) is 8.24. The molecule has 3 aromatic heterocycles. The van der Waals surface area contributed by atoms with Crippen LogP contribution in [0.2, 0.25) is 5.15 Å². The van der Waals surface area contributed by atoms with E-state index in [0.29, 0.717) is 5.69 Å². The van der Waals surface area contributed by atoms with E-state index in [9.17, 15) is 13.6 Å². The van der Waals surface area contributed by atoms with Crippen LogP contribution >= 0.6 is 11.6 Å². The van der Waals surface area contributed by atoms with E-state index in [1.54, 1.807) is 6.07 Å². The normalized spacial score (nSPS) is 11.9. The van der Waals surface area contributed by atoms with Gasteiger partial charge in [-0.2, -0.15) is 4.39 Å². The zero-order valence-corrected chi connectivity index (χ0v) is 15.4. The number of carbonyl (C=O) groups excluding carboxylic acids is 1. The first kappa shape index (κ1) is 19.4. The molecule has 3 heterocycles. The Hall–Kier alpha value is -3.34. The third-order valence-corrected chi connectivity index (χ3v) is 4.02. The van der Waals surface area contributed by atoms with Crippen molar-refractivity contribution in [3.8, 4) is 11.4 Å². The maximum Gasteiger partial charge on any atom is 0.413 e. The molecule has 3 rings (SSSR count). The first-order valence-electron chi connectivity index (χ1n) is 7.87. The van der Waals surface area contributed by atoms with Gasteiger partial charge >= 0.3 is 6.09 Å². The molecule has 3 aromatic rings. The molecule has 28 heavy (non-hydrogen) atoms. The Morgan fingerprint density at radius 3 is 2.86 bits per heavy atom. The fourth-order valence-electron chi connectivity index (χ4n) is 2.32. The third kappa shape index (κ3) is 3.98. The van der Waals surface area contributed by atoms with E-state index in [2.05, 4.69) is 25.6 Å². The van der Waals surface area contributed by atoms with E-state index in [1.807, 2.05) is 0 Å². The van der Waals surface area contributed by atoms with E-state index in [1.165, 1.54) is 24.7 Å². The Morgan fingerprint density at radius 2 is 2.14 bits per heavy atom. The van der Waals surface area contributed by atoms with Crippen LogP contribution in [0.1, 0.15) is 18.6 Å². The van der Waals surface area contributed by atoms with Gasteiger partial charge in [-0.3, -0.25) is 5.32 Å². The molecular weight excluding hydrogens is 396 g/mol. The lowest BCUT2D eigenvalue weighted by Gasteiger charge is -2.15. The van der Waals surface area contributed by atoms with Gasteiger partial charge in [-0.1, -0.05) is 16.8 Å². The molecule has 0 saturated heterocycles. The Bertz CT molecular complexity index is 1040. The molecule has 0 aliphatic rings. The van der Waals surface area contributed by atoms with E-state index in [4.69, 9.17) is 22.1 Å². The van der Waals surface area contributed by atoms with Crippen LogP contribution in [0, 0.1) is 11.8 Å². The van der Waals surface area contributed by atoms with E-state index < -0.39 is 24.0 Å². The van der Waals surface area contributed by atoms with Crippen molar-refractivity contribution < 1.29 is 18.3 Å². The minimum atomic E-state index is -1.10. The quantitative estimate of drug-likeness (QED) is 0.635. The highest BCUT2D eigenvalue weighted by atomic mass is 35.5. The number of anilines is 2. The molecule has 0 aromatic carbocycles. The molecule has 0 fully saturated rings. The highest BCUT2D eigenvalue weighted by molar-refractivity contribution is 6.31. The van der Waals surface area contributed by atoms with Gasteiger partial charge in [0.1, 0.15) is 11.9 Å². The number of nitrogens with two attached hydrogens (primary N) is 1. The summed E-state index contributed by atoms with van der Waals surface area (Å²) in [4.78, 5) is 19.6. The van der Waals surface area contributed by atoms with Crippen molar-refractivity contribution in [2.75, 3.05) is 11.1 Å². The first-order chi connectivity index (χ1) is 13.3. The minimum Gasteiger partial charge on any atom is -0.441 e. The summed E-state index contributed by atoms with van der Waals surface area (Å²) in [7, 11) is 1.53. The Labute approximate surface area is 162 Å². The molecule has 0 aliphatic heterocycles. The fraction of sp³-hybridized carbons (Fsp3) is 0.188. The van der Waals surface area contributed by atoms with Crippen LogP contribution in [0.5, 0.6) is 0 Å². The summed E-state index contributed by atoms with van der Waals surface area (Å²) in [6, 6.07) is 3.99. The number of amides is 1. The number of pyridine rings is 2. The Morgan fingerprint density at radius 1 is 1.39 bits per heavy atom. The number of nitrogens with one attached hydrogen (secondary N) is 1. The molecule has 0 saturated carbocycles. The van der Waals surface area contributed by atoms with E-state index in [0.717, 1.165) is 12.3 Å². The molecule has 1 atom stereocenters. The summed E-state index contributed by atoms with van der Waals surface area (Å²) in [5, 5.41) is 10.3. The standard InChI is InChI=1S/C16H14ClF2N7O2/c1-7(9-5-8(18)6-21-14(9)19)28-16(27)23-15-12(24-25-26(15)2)11-4-3-10(20)13(17)22-11/h3-7H,20H2,1-2H3,(H,23,27). The van der Waals surface area contributed by atoms with Gasteiger partial charge in [0.05, 0.1) is 23.1 Å². The van der Waals surface area contributed by atoms with Crippen molar-refractivity contribution in [1.82, 2.24) is 25.0 Å². The zero-order chi connectivity index (χ0) is 20.4. The molecule has 1 unspecified atom stereocenters. The second-order valence-corrected chi connectivity index (χ2v) is 6.05. The molecule has 146 valence electrons. The summed E-state index contributed by atoms with van der Waals surface area (Å²) in [6.07, 6.45) is -1.31. The minimum absolute atomic E-state index is 0.0689. The van der Waals surface area contributed by atoms with Crippen molar-refractivity contribution >= 4 is 29.2 Å². The van der Waals surface area contributed by atoms with E-state index in [-0.39, 0.29) is 27.9 Å². The maximum atomic E-state index is 13.7. The van der Waals surface area contributed by atoms with Crippen molar-refractivity contribution in [2.45, 2.75) is 13.0 Å². The van der Waals surface area contributed by atoms with Gasteiger partial charge in [0.25, 0.3) is 0 Å².